The van der Waals surface area contributed by atoms with Gasteiger partial charge in [0.05, 0.1) is 18.3 Å². The zero-order valence-corrected chi connectivity index (χ0v) is 13.3. The van der Waals surface area contributed by atoms with Gasteiger partial charge in [-0.2, -0.15) is 5.10 Å². The number of nitrogens with zero attached hydrogens (tertiary/aromatic N) is 2. The molecule has 1 aromatic carbocycles. The Kier molecular flexibility index (Phi) is 5.28. The van der Waals surface area contributed by atoms with E-state index in [1.54, 1.807) is 23.9 Å². The second-order valence-corrected chi connectivity index (χ2v) is 5.44. The molecular formula is C17H20FN3O2. The highest BCUT2D eigenvalue weighted by Gasteiger charge is 2.17. The fraction of sp³-hybridized carbons (Fsp3) is 0.294. The first-order valence-corrected chi connectivity index (χ1v) is 7.29. The van der Waals surface area contributed by atoms with Gasteiger partial charge in [0.2, 0.25) is 5.91 Å². The van der Waals surface area contributed by atoms with Crippen molar-refractivity contribution in [2.24, 2.45) is 7.05 Å². The summed E-state index contributed by atoms with van der Waals surface area (Å²) in [6.07, 6.45) is 3.84. The van der Waals surface area contributed by atoms with Crippen LogP contribution >= 0.6 is 0 Å². The summed E-state index contributed by atoms with van der Waals surface area (Å²) in [5.41, 5.74) is 2.36. The summed E-state index contributed by atoms with van der Waals surface area (Å²) in [4.78, 5) is 11.9. The normalized spacial score (nSPS) is 14.0. The fourth-order valence-corrected chi connectivity index (χ4v) is 2.14. The van der Waals surface area contributed by atoms with E-state index in [0.717, 1.165) is 11.3 Å². The van der Waals surface area contributed by atoms with Crippen LogP contribution in [0.25, 0.3) is 6.08 Å². The van der Waals surface area contributed by atoms with Gasteiger partial charge in [-0.25, -0.2) is 4.39 Å². The molecule has 2 atom stereocenters. The molecule has 0 aliphatic heterocycles. The predicted molar refractivity (Wildman–Crippen MR) is 85.9 cm³/mol. The monoisotopic (exact) mass is 317 g/mol. The summed E-state index contributed by atoms with van der Waals surface area (Å²) >= 11 is 0. The number of benzene rings is 1. The van der Waals surface area contributed by atoms with Crippen LogP contribution in [0, 0.1) is 12.7 Å². The molecule has 0 fully saturated rings. The number of rotatable bonds is 5. The molecule has 0 aliphatic carbocycles. The molecule has 1 aromatic heterocycles. The van der Waals surface area contributed by atoms with E-state index in [-0.39, 0.29) is 11.7 Å². The lowest BCUT2D eigenvalue weighted by molar-refractivity contribution is -0.117. The molecule has 0 aliphatic rings. The minimum atomic E-state index is -0.909. The Balaban J connectivity index is 1.96. The average molecular weight is 317 g/mol. The van der Waals surface area contributed by atoms with Gasteiger partial charge >= 0.3 is 0 Å². The third-order valence-electron chi connectivity index (χ3n) is 3.74. The van der Waals surface area contributed by atoms with E-state index >= 15 is 0 Å². The summed E-state index contributed by atoms with van der Waals surface area (Å²) in [5.74, 6) is -0.686. The third-order valence-corrected chi connectivity index (χ3v) is 3.74. The summed E-state index contributed by atoms with van der Waals surface area (Å²) in [7, 11) is 1.83. The van der Waals surface area contributed by atoms with Crippen LogP contribution in [0.5, 0.6) is 0 Å². The van der Waals surface area contributed by atoms with Gasteiger partial charge in [0.15, 0.2) is 0 Å². The van der Waals surface area contributed by atoms with Gasteiger partial charge in [-0.3, -0.25) is 9.48 Å². The van der Waals surface area contributed by atoms with Gasteiger partial charge in [0, 0.05) is 24.4 Å². The number of aliphatic hydroxyl groups excluding tert-OH is 1. The molecule has 2 N–H and O–H groups in total. The number of halogens is 1. The molecule has 122 valence electrons. The fourth-order valence-electron chi connectivity index (χ4n) is 2.14. The van der Waals surface area contributed by atoms with E-state index in [9.17, 15) is 14.3 Å². The van der Waals surface area contributed by atoms with Crippen LogP contribution in [0.2, 0.25) is 0 Å². The molecule has 2 unspecified atom stereocenters. The maximum absolute atomic E-state index is 12.9. The molecule has 1 amide bonds. The van der Waals surface area contributed by atoms with E-state index in [1.807, 2.05) is 14.0 Å². The lowest BCUT2D eigenvalue weighted by Crippen LogP contribution is -2.36. The minimum Gasteiger partial charge on any atom is -0.386 e. The predicted octanol–water partition coefficient (Wildman–Crippen LogP) is 2.12. The Bertz CT molecular complexity index is 707. The smallest absolute Gasteiger partial charge is 0.244 e. The number of hydrogen-bond donors (Lipinski definition) is 2. The van der Waals surface area contributed by atoms with Gasteiger partial charge in [-0.15, -0.1) is 0 Å². The van der Waals surface area contributed by atoms with E-state index in [4.69, 9.17) is 0 Å². The lowest BCUT2D eigenvalue weighted by atomic mass is 10.0. The van der Waals surface area contributed by atoms with Gasteiger partial charge in [-0.05, 0) is 37.6 Å². The SMILES string of the molecule is Cc1c(/C=C/C(=O)NC(C)C(O)c2ccc(F)cc2)cnn1C. The van der Waals surface area contributed by atoms with Crippen LogP contribution < -0.4 is 5.32 Å². The van der Waals surface area contributed by atoms with Gasteiger partial charge in [-0.1, -0.05) is 12.1 Å². The average Bonchev–Trinajstić information content (AvgIpc) is 2.84. The van der Waals surface area contributed by atoms with Crippen molar-refractivity contribution < 1.29 is 14.3 Å². The van der Waals surface area contributed by atoms with Crippen molar-refractivity contribution in [3.63, 3.8) is 0 Å². The second-order valence-electron chi connectivity index (χ2n) is 5.44. The van der Waals surface area contributed by atoms with Gasteiger partial charge < -0.3 is 10.4 Å². The Morgan fingerprint density at radius 3 is 2.61 bits per heavy atom. The highest BCUT2D eigenvalue weighted by Crippen LogP contribution is 2.17. The molecule has 0 bridgehead atoms. The maximum atomic E-state index is 12.9. The molecule has 0 saturated carbocycles. The third kappa shape index (κ3) is 4.26. The molecular weight excluding hydrogens is 297 g/mol. The summed E-state index contributed by atoms with van der Waals surface area (Å²) in [6, 6.07) is 5.04. The second kappa shape index (κ2) is 7.19. The van der Waals surface area contributed by atoms with E-state index < -0.39 is 12.1 Å². The molecule has 0 spiro atoms. The van der Waals surface area contributed by atoms with Gasteiger partial charge in [0.1, 0.15) is 5.82 Å². The molecule has 2 aromatic rings. The number of aliphatic hydroxyl groups is 1. The van der Waals surface area contributed by atoms with Crippen LogP contribution in [0.15, 0.2) is 36.5 Å². The topological polar surface area (TPSA) is 67.2 Å². The van der Waals surface area contributed by atoms with Crippen LogP contribution in [0.1, 0.15) is 29.8 Å². The number of aromatic nitrogens is 2. The number of nitrogens with one attached hydrogen (secondary N) is 1. The molecule has 5 nitrogen and oxygen atoms in total. The quantitative estimate of drug-likeness (QED) is 0.830. The molecule has 23 heavy (non-hydrogen) atoms. The van der Waals surface area contributed by atoms with Crippen molar-refractivity contribution in [3.05, 3.63) is 59.2 Å². The summed E-state index contributed by atoms with van der Waals surface area (Å²) < 4.78 is 14.6. The lowest BCUT2D eigenvalue weighted by Gasteiger charge is -2.19. The Morgan fingerprint density at radius 1 is 1.39 bits per heavy atom. The zero-order chi connectivity index (χ0) is 17.0. The highest BCUT2D eigenvalue weighted by atomic mass is 19.1. The van der Waals surface area contributed by atoms with Crippen LogP contribution in [-0.4, -0.2) is 26.8 Å². The minimum absolute atomic E-state index is 0.318. The van der Waals surface area contributed by atoms with Crippen LogP contribution in [0.4, 0.5) is 4.39 Å². The molecule has 6 heteroatoms. The van der Waals surface area contributed by atoms with Crippen molar-refractivity contribution in [2.75, 3.05) is 0 Å². The number of hydrogen-bond acceptors (Lipinski definition) is 3. The van der Waals surface area contributed by atoms with Crippen molar-refractivity contribution in [2.45, 2.75) is 26.0 Å². The largest absolute Gasteiger partial charge is 0.386 e. The molecule has 0 saturated heterocycles. The molecule has 0 radical (unpaired) electrons. The van der Waals surface area contributed by atoms with E-state index in [1.165, 1.54) is 30.3 Å². The van der Waals surface area contributed by atoms with Crippen molar-refractivity contribution >= 4 is 12.0 Å². The molecule has 2 rings (SSSR count). The number of aryl methyl sites for hydroxylation is 1. The Morgan fingerprint density at radius 2 is 2.04 bits per heavy atom. The first-order valence-electron chi connectivity index (χ1n) is 7.29. The number of carbonyl (C=O) groups excluding carboxylic acids is 1. The van der Waals surface area contributed by atoms with Crippen molar-refractivity contribution in [3.8, 4) is 0 Å². The Labute approximate surface area is 134 Å². The van der Waals surface area contributed by atoms with Crippen LogP contribution in [0.3, 0.4) is 0 Å². The Hall–Kier alpha value is -2.47. The highest BCUT2D eigenvalue weighted by molar-refractivity contribution is 5.92. The number of amides is 1. The first kappa shape index (κ1) is 16.9. The number of carbonyl (C=O) groups is 1. The van der Waals surface area contributed by atoms with Crippen molar-refractivity contribution in [1.29, 1.82) is 0 Å². The van der Waals surface area contributed by atoms with E-state index in [0.29, 0.717) is 5.56 Å². The summed E-state index contributed by atoms with van der Waals surface area (Å²) in [5, 5.41) is 17.0. The maximum Gasteiger partial charge on any atom is 0.244 e. The van der Waals surface area contributed by atoms with Crippen LogP contribution in [-0.2, 0) is 11.8 Å². The first-order chi connectivity index (χ1) is 10.9. The van der Waals surface area contributed by atoms with Crippen molar-refractivity contribution in [1.82, 2.24) is 15.1 Å². The van der Waals surface area contributed by atoms with E-state index in [2.05, 4.69) is 10.4 Å². The standard InChI is InChI=1S/C17H20FN3O2/c1-11(17(23)13-4-7-15(18)8-5-13)20-16(22)9-6-14-10-19-21(3)12(14)2/h4-11,17,23H,1-3H3,(H,20,22)/b9-6+. The summed E-state index contributed by atoms with van der Waals surface area (Å²) in [6.45, 7) is 3.60. The molecule has 1 heterocycles. The van der Waals surface area contributed by atoms with Gasteiger partial charge in [0.25, 0.3) is 0 Å². The zero-order valence-electron chi connectivity index (χ0n) is 13.3.